The molecule has 0 spiro atoms. The van der Waals surface area contributed by atoms with Crippen molar-refractivity contribution in [2.24, 2.45) is 0 Å². The lowest BCUT2D eigenvalue weighted by Crippen LogP contribution is -2.27. The summed E-state index contributed by atoms with van der Waals surface area (Å²) in [4.78, 5) is 21.4. The van der Waals surface area contributed by atoms with Crippen LogP contribution in [0.5, 0.6) is 0 Å². The van der Waals surface area contributed by atoms with Gasteiger partial charge in [0.15, 0.2) is 0 Å². The van der Waals surface area contributed by atoms with Gasteiger partial charge in [-0.2, -0.15) is 0 Å². The van der Waals surface area contributed by atoms with E-state index in [1.165, 1.54) is 0 Å². The second-order valence-electron chi connectivity index (χ2n) is 8.50. The van der Waals surface area contributed by atoms with Crippen molar-refractivity contribution in [2.45, 2.75) is 83.3 Å². The summed E-state index contributed by atoms with van der Waals surface area (Å²) in [5.74, 6) is -0.535. The molecule has 0 amide bonds. The molecule has 3 atom stereocenters. The first-order valence-electron chi connectivity index (χ1n) is 13.3. The largest absolute Gasteiger partial charge is 0.472 e. The number of allylic oxidation sites excluding steroid dienone is 10. The highest BCUT2D eigenvalue weighted by atomic mass is 31.2. The zero-order valence-electron chi connectivity index (χ0n) is 22.6. The van der Waals surface area contributed by atoms with Crippen molar-refractivity contribution in [3.05, 3.63) is 60.8 Å². The van der Waals surface area contributed by atoms with Crippen molar-refractivity contribution in [3.8, 4) is 0 Å². The molecule has 0 rings (SSSR count). The van der Waals surface area contributed by atoms with E-state index in [9.17, 15) is 19.4 Å². The average Bonchev–Trinajstić information content (AvgIpc) is 2.90. The van der Waals surface area contributed by atoms with Crippen LogP contribution in [0.15, 0.2) is 60.8 Å². The lowest BCUT2D eigenvalue weighted by atomic mass is 10.1. The molecule has 0 aliphatic heterocycles. The molecule has 0 saturated carbocycles. The van der Waals surface area contributed by atoms with Gasteiger partial charge in [-0.1, -0.05) is 74.1 Å². The Hall–Kier alpha value is -1.84. The maximum atomic E-state index is 11.9. The molecule has 0 aliphatic carbocycles. The number of phosphoric acid groups is 1. The van der Waals surface area contributed by atoms with Crippen LogP contribution >= 0.6 is 7.82 Å². The van der Waals surface area contributed by atoms with Gasteiger partial charge in [0.05, 0.1) is 26.4 Å². The van der Waals surface area contributed by atoms with Crippen LogP contribution in [0, 0.1) is 0 Å². The van der Waals surface area contributed by atoms with E-state index in [1.54, 1.807) is 0 Å². The Kier molecular flexibility index (Phi) is 24.2. The fourth-order valence-corrected chi connectivity index (χ4v) is 3.68. The molecule has 9 nitrogen and oxygen atoms in total. The Labute approximate surface area is 227 Å². The normalized spacial score (nSPS) is 15.8. The molecule has 0 aromatic carbocycles. The van der Waals surface area contributed by atoms with Crippen molar-refractivity contribution < 1.29 is 43.4 Å². The van der Waals surface area contributed by atoms with Crippen LogP contribution in [0.25, 0.3) is 0 Å². The summed E-state index contributed by atoms with van der Waals surface area (Å²) in [6.45, 7) is -0.246. The number of hydrogen-bond acceptors (Lipinski definition) is 8. The first-order chi connectivity index (χ1) is 18.3. The van der Waals surface area contributed by atoms with Gasteiger partial charge in [0, 0.05) is 6.42 Å². The summed E-state index contributed by atoms with van der Waals surface area (Å²) >= 11 is 0. The van der Waals surface area contributed by atoms with Crippen molar-refractivity contribution in [2.75, 3.05) is 26.4 Å². The topological polar surface area (TPSA) is 143 Å². The number of rotatable bonds is 24. The van der Waals surface area contributed by atoms with Crippen molar-refractivity contribution in [1.29, 1.82) is 0 Å². The van der Waals surface area contributed by atoms with E-state index in [0.29, 0.717) is 6.42 Å². The average molecular weight is 559 g/mol. The third-order valence-corrected chi connectivity index (χ3v) is 5.93. The van der Waals surface area contributed by atoms with Gasteiger partial charge in [0.25, 0.3) is 0 Å². The van der Waals surface area contributed by atoms with Crippen LogP contribution in [0.2, 0.25) is 0 Å². The highest BCUT2D eigenvalue weighted by Crippen LogP contribution is 2.43. The van der Waals surface area contributed by atoms with Gasteiger partial charge in [-0.15, -0.1) is 0 Å². The third kappa shape index (κ3) is 24.5. The number of esters is 1. The van der Waals surface area contributed by atoms with Gasteiger partial charge in [0.1, 0.15) is 12.2 Å². The van der Waals surface area contributed by atoms with E-state index in [0.717, 1.165) is 51.4 Å². The number of aliphatic hydroxyl groups excluding tert-OH is 3. The molecular formula is C28H47O9P. The molecule has 0 radical (unpaired) electrons. The highest BCUT2D eigenvalue weighted by Gasteiger charge is 2.25. The van der Waals surface area contributed by atoms with Crippen LogP contribution in [-0.4, -0.2) is 64.8 Å². The van der Waals surface area contributed by atoms with E-state index < -0.39 is 52.4 Å². The van der Waals surface area contributed by atoms with Crippen molar-refractivity contribution in [3.63, 3.8) is 0 Å². The van der Waals surface area contributed by atoms with E-state index in [2.05, 4.69) is 76.7 Å². The number of carbonyl (C=O) groups excluding carboxylic acids is 1. The van der Waals surface area contributed by atoms with Gasteiger partial charge in [-0.25, -0.2) is 4.57 Å². The smallest absolute Gasteiger partial charge is 0.457 e. The maximum absolute atomic E-state index is 11.9. The number of unbranched alkanes of at least 4 members (excludes halogenated alkanes) is 3. The summed E-state index contributed by atoms with van der Waals surface area (Å²) in [5, 5.41) is 27.1. The molecule has 4 N–H and O–H groups in total. The Morgan fingerprint density at radius 3 is 1.82 bits per heavy atom. The van der Waals surface area contributed by atoms with Gasteiger partial charge in [-0.05, 0) is 51.4 Å². The molecule has 0 aromatic rings. The lowest BCUT2D eigenvalue weighted by molar-refractivity contribution is -0.153. The first kappa shape index (κ1) is 36.2. The fourth-order valence-electron chi connectivity index (χ4n) is 2.89. The SMILES string of the molecule is CC/C=C\C/C=C\C/C=C\C/C=C\C/C=C\CCCCCC(=O)OC(CO)COP(=O)(O)OCC(O)CO. The summed E-state index contributed by atoms with van der Waals surface area (Å²) in [6.07, 6.45) is 27.5. The number of ether oxygens (including phenoxy) is 1. The minimum Gasteiger partial charge on any atom is -0.457 e. The van der Waals surface area contributed by atoms with E-state index in [4.69, 9.17) is 14.9 Å². The van der Waals surface area contributed by atoms with Crippen LogP contribution < -0.4 is 0 Å². The van der Waals surface area contributed by atoms with Gasteiger partial charge >= 0.3 is 13.8 Å². The van der Waals surface area contributed by atoms with Gasteiger partial charge in [-0.3, -0.25) is 13.8 Å². The number of phosphoric ester groups is 1. The molecule has 218 valence electrons. The zero-order valence-corrected chi connectivity index (χ0v) is 23.5. The summed E-state index contributed by atoms with van der Waals surface area (Å²) in [5.41, 5.74) is 0. The Bertz CT molecular complexity index is 774. The predicted octanol–water partition coefficient (Wildman–Crippen LogP) is 5.08. The minimum atomic E-state index is -4.52. The predicted molar refractivity (Wildman–Crippen MR) is 149 cm³/mol. The molecule has 0 saturated heterocycles. The van der Waals surface area contributed by atoms with E-state index in [-0.39, 0.29) is 6.42 Å². The zero-order chi connectivity index (χ0) is 28.3. The van der Waals surface area contributed by atoms with E-state index in [1.807, 2.05) is 0 Å². The van der Waals surface area contributed by atoms with Crippen molar-refractivity contribution >= 4 is 13.8 Å². The standard InChI is InChI=1S/C28H47O9P/c1-2-3-4-5-6-7-8-9-10-11-12-13-14-15-16-17-18-19-20-21-28(32)37-27(23-30)25-36-38(33,34)35-24-26(31)22-29/h3-4,6-7,9-10,12-13,15-16,26-27,29-31H,2,5,8,11,14,17-25H2,1H3,(H,33,34)/b4-3-,7-6-,10-9-,13-12-,16-15-. The lowest BCUT2D eigenvalue weighted by Gasteiger charge is -2.18. The van der Waals surface area contributed by atoms with Crippen LogP contribution in [0.1, 0.15) is 71.1 Å². The Balaban J connectivity index is 3.82. The Morgan fingerprint density at radius 1 is 0.763 bits per heavy atom. The van der Waals surface area contributed by atoms with Crippen LogP contribution in [0.3, 0.4) is 0 Å². The second kappa shape index (κ2) is 25.4. The molecule has 38 heavy (non-hydrogen) atoms. The number of aliphatic hydroxyl groups is 3. The molecular weight excluding hydrogens is 511 g/mol. The molecule has 0 aromatic heterocycles. The minimum absolute atomic E-state index is 0.165. The van der Waals surface area contributed by atoms with Crippen LogP contribution in [0.4, 0.5) is 0 Å². The molecule has 0 heterocycles. The summed E-state index contributed by atoms with van der Waals surface area (Å²) in [7, 11) is -4.52. The van der Waals surface area contributed by atoms with Gasteiger partial charge < -0.3 is 24.9 Å². The van der Waals surface area contributed by atoms with E-state index >= 15 is 0 Å². The molecule has 3 unspecified atom stereocenters. The summed E-state index contributed by atoms with van der Waals surface area (Å²) < 4.78 is 25.9. The first-order valence-corrected chi connectivity index (χ1v) is 14.8. The van der Waals surface area contributed by atoms with Gasteiger partial charge in [0.2, 0.25) is 0 Å². The molecule has 0 aliphatic rings. The molecule has 10 heteroatoms. The third-order valence-electron chi connectivity index (χ3n) is 4.98. The fraction of sp³-hybridized carbons (Fsp3) is 0.607. The second-order valence-corrected chi connectivity index (χ2v) is 9.95. The highest BCUT2D eigenvalue weighted by molar-refractivity contribution is 7.47. The number of carbonyl (C=O) groups is 1. The van der Waals surface area contributed by atoms with Crippen molar-refractivity contribution in [1.82, 2.24) is 0 Å². The van der Waals surface area contributed by atoms with Crippen LogP contribution in [-0.2, 0) is 23.1 Å². The molecule has 0 fully saturated rings. The monoisotopic (exact) mass is 558 g/mol. The quantitative estimate of drug-likeness (QED) is 0.0552. The number of hydrogen-bond donors (Lipinski definition) is 4. The summed E-state index contributed by atoms with van der Waals surface area (Å²) in [6, 6.07) is 0. The molecule has 0 bridgehead atoms. The Morgan fingerprint density at radius 2 is 1.29 bits per heavy atom. The maximum Gasteiger partial charge on any atom is 0.472 e.